The molecule has 1 heterocycles. The van der Waals surface area contributed by atoms with Gasteiger partial charge in [-0.15, -0.1) is 6.58 Å². The van der Waals surface area contributed by atoms with Crippen LogP contribution in [0.4, 0.5) is 5.69 Å². The number of nitrogens with zero attached hydrogens (tertiary/aromatic N) is 1. The molecule has 0 radical (unpaired) electrons. The number of carbonyl (C=O) groups is 1. The van der Waals surface area contributed by atoms with Crippen LogP contribution >= 0.6 is 0 Å². The van der Waals surface area contributed by atoms with Gasteiger partial charge >= 0.3 is 0 Å². The van der Waals surface area contributed by atoms with Crippen molar-refractivity contribution in [3.63, 3.8) is 0 Å². The molecule has 0 saturated heterocycles. The molecule has 2 rings (SSSR count). The summed E-state index contributed by atoms with van der Waals surface area (Å²) in [5.41, 5.74) is 4.38. The van der Waals surface area contributed by atoms with Crippen LogP contribution in [0.5, 0.6) is 0 Å². The van der Waals surface area contributed by atoms with Crippen LogP contribution in [0.1, 0.15) is 72.4 Å². The number of aryl methyl sites for hydroxylation is 1. The van der Waals surface area contributed by atoms with Gasteiger partial charge in [-0.2, -0.15) is 0 Å². The predicted molar refractivity (Wildman–Crippen MR) is 113 cm³/mol. The van der Waals surface area contributed by atoms with Crippen LogP contribution in [0, 0.1) is 13.8 Å². The number of nitrogens with one attached hydrogen (secondary N) is 1. The summed E-state index contributed by atoms with van der Waals surface area (Å²) in [5, 5.41) is 3.05. The number of anilines is 1. The van der Waals surface area contributed by atoms with Crippen molar-refractivity contribution in [1.82, 2.24) is 4.57 Å². The predicted octanol–water partition coefficient (Wildman–Crippen LogP) is 5.15. The standard InChI is InChI=1S/C23H30N2O2/c1-8-12-25-16(6)13-20(26)21(17(25)7)23(27)24-22-18(14(2)3)10-9-11-19(22)15(4)5/h8-11,13-15H,1,12H2,2-7H3,(H,24,27). The Balaban J connectivity index is 2.58. The van der Waals surface area contributed by atoms with Crippen LogP contribution < -0.4 is 10.7 Å². The lowest BCUT2D eigenvalue weighted by Gasteiger charge is -2.21. The zero-order valence-electron chi connectivity index (χ0n) is 17.2. The van der Waals surface area contributed by atoms with Crippen molar-refractivity contribution in [2.45, 2.75) is 59.9 Å². The lowest BCUT2D eigenvalue weighted by Crippen LogP contribution is -2.27. The number of pyridine rings is 1. The van der Waals surface area contributed by atoms with Gasteiger partial charge in [-0.05, 0) is 36.8 Å². The van der Waals surface area contributed by atoms with Crippen molar-refractivity contribution in [1.29, 1.82) is 0 Å². The summed E-state index contributed by atoms with van der Waals surface area (Å²) >= 11 is 0. The van der Waals surface area contributed by atoms with E-state index in [-0.39, 0.29) is 28.7 Å². The third kappa shape index (κ3) is 4.21. The highest BCUT2D eigenvalue weighted by atomic mass is 16.2. The van der Waals surface area contributed by atoms with Gasteiger partial charge in [0.05, 0.1) is 0 Å². The van der Waals surface area contributed by atoms with Gasteiger partial charge in [-0.1, -0.05) is 52.0 Å². The fourth-order valence-corrected chi connectivity index (χ4v) is 3.48. The van der Waals surface area contributed by atoms with Crippen LogP contribution in [0.2, 0.25) is 0 Å². The van der Waals surface area contributed by atoms with E-state index in [1.165, 1.54) is 6.07 Å². The maximum absolute atomic E-state index is 13.1. The van der Waals surface area contributed by atoms with Gasteiger partial charge in [0.1, 0.15) is 5.56 Å². The first kappa shape index (κ1) is 20.7. The second kappa shape index (κ2) is 8.38. The molecular weight excluding hydrogens is 336 g/mol. The molecule has 27 heavy (non-hydrogen) atoms. The first-order valence-electron chi connectivity index (χ1n) is 9.45. The molecule has 1 aromatic carbocycles. The lowest BCUT2D eigenvalue weighted by molar-refractivity contribution is 0.102. The smallest absolute Gasteiger partial charge is 0.261 e. The Morgan fingerprint density at radius 1 is 1.15 bits per heavy atom. The summed E-state index contributed by atoms with van der Waals surface area (Å²) in [7, 11) is 0. The van der Waals surface area contributed by atoms with Crippen molar-refractivity contribution in [3.8, 4) is 0 Å². The molecule has 0 aliphatic carbocycles. The molecule has 1 aromatic heterocycles. The van der Waals surface area contributed by atoms with E-state index in [0.717, 1.165) is 22.5 Å². The Bertz CT molecular complexity index is 894. The fraction of sp³-hybridized carbons (Fsp3) is 0.391. The number of rotatable bonds is 6. The van der Waals surface area contributed by atoms with Gasteiger partial charge < -0.3 is 9.88 Å². The highest BCUT2D eigenvalue weighted by Gasteiger charge is 2.21. The fourth-order valence-electron chi connectivity index (χ4n) is 3.48. The topological polar surface area (TPSA) is 51.1 Å². The van der Waals surface area contributed by atoms with Crippen LogP contribution in [-0.2, 0) is 6.54 Å². The first-order chi connectivity index (χ1) is 12.7. The average molecular weight is 367 g/mol. The van der Waals surface area contributed by atoms with Crippen LogP contribution in [0.15, 0.2) is 41.7 Å². The molecular formula is C23H30N2O2. The quantitative estimate of drug-likeness (QED) is 0.719. The molecule has 4 nitrogen and oxygen atoms in total. The van der Waals surface area contributed by atoms with Crippen molar-refractivity contribution in [3.05, 3.63) is 75.2 Å². The Morgan fingerprint density at radius 3 is 2.19 bits per heavy atom. The third-order valence-electron chi connectivity index (χ3n) is 4.93. The van der Waals surface area contributed by atoms with E-state index >= 15 is 0 Å². The molecule has 0 saturated carbocycles. The number of allylic oxidation sites excluding steroid dienone is 1. The van der Waals surface area contributed by atoms with E-state index in [4.69, 9.17) is 0 Å². The second-order valence-corrected chi connectivity index (χ2v) is 7.58. The van der Waals surface area contributed by atoms with Gasteiger partial charge in [0.25, 0.3) is 5.91 Å². The molecule has 4 heteroatoms. The minimum atomic E-state index is -0.356. The molecule has 0 atom stereocenters. The maximum Gasteiger partial charge on any atom is 0.261 e. The molecule has 0 aliphatic rings. The molecule has 0 unspecified atom stereocenters. The molecule has 1 amide bonds. The third-order valence-corrected chi connectivity index (χ3v) is 4.93. The van der Waals surface area contributed by atoms with Crippen molar-refractivity contribution in [2.75, 3.05) is 5.32 Å². The normalized spacial score (nSPS) is 11.1. The molecule has 144 valence electrons. The SMILES string of the molecule is C=CCn1c(C)cc(=O)c(C(=O)Nc2c(C(C)C)cccc2C(C)C)c1C. The van der Waals surface area contributed by atoms with E-state index in [0.29, 0.717) is 12.2 Å². The van der Waals surface area contributed by atoms with E-state index in [1.54, 1.807) is 6.08 Å². The number of hydrogen-bond donors (Lipinski definition) is 1. The summed E-state index contributed by atoms with van der Waals surface area (Å²) in [5.74, 6) is 0.163. The summed E-state index contributed by atoms with van der Waals surface area (Å²) in [6, 6.07) is 7.60. The molecule has 2 aromatic rings. The van der Waals surface area contributed by atoms with Gasteiger partial charge in [0, 0.05) is 29.7 Å². The Morgan fingerprint density at radius 2 is 1.70 bits per heavy atom. The molecule has 1 N–H and O–H groups in total. The number of carbonyl (C=O) groups excluding carboxylic acids is 1. The zero-order chi connectivity index (χ0) is 20.3. The number of para-hydroxylation sites is 1. The van der Waals surface area contributed by atoms with Gasteiger partial charge in [0.2, 0.25) is 0 Å². The van der Waals surface area contributed by atoms with Crippen LogP contribution in [0.25, 0.3) is 0 Å². The molecule has 0 spiro atoms. The molecule has 0 fully saturated rings. The highest BCUT2D eigenvalue weighted by molar-refractivity contribution is 6.05. The van der Waals surface area contributed by atoms with Crippen molar-refractivity contribution < 1.29 is 4.79 Å². The van der Waals surface area contributed by atoms with Crippen molar-refractivity contribution >= 4 is 11.6 Å². The van der Waals surface area contributed by atoms with Gasteiger partial charge in [0.15, 0.2) is 5.43 Å². The van der Waals surface area contributed by atoms with E-state index in [2.05, 4.69) is 39.6 Å². The number of benzene rings is 1. The van der Waals surface area contributed by atoms with E-state index in [9.17, 15) is 9.59 Å². The van der Waals surface area contributed by atoms with Gasteiger partial charge in [-0.3, -0.25) is 9.59 Å². The molecule has 0 aliphatic heterocycles. The minimum absolute atomic E-state index is 0.190. The molecule has 0 bridgehead atoms. The number of hydrogen-bond acceptors (Lipinski definition) is 2. The van der Waals surface area contributed by atoms with Gasteiger partial charge in [-0.25, -0.2) is 0 Å². The van der Waals surface area contributed by atoms with Crippen LogP contribution in [-0.4, -0.2) is 10.5 Å². The first-order valence-corrected chi connectivity index (χ1v) is 9.45. The van der Waals surface area contributed by atoms with Crippen LogP contribution in [0.3, 0.4) is 0 Å². The Labute approximate surface area is 161 Å². The summed E-state index contributed by atoms with van der Waals surface area (Å²) in [6.07, 6.45) is 1.76. The average Bonchev–Trinajstić information content (AvgIpc) is 2.58. The number of amides is 1. The summed E-state index contributed by atoms with van der Waals surface area (Å²) < 4.78 is 1.93. The van der Waals surface area contributed by atoms with E-state index < -0.39 is 0 Å². The summed E-state index contributed by atoms with van der Waals surface area (Å²) in [4.78, 5) is 25.7. The largest absolute Gasteiger partial charge is 0.344 e. The second-order valence-electron chi connectivity index (χ2n) is 7.58. The highest BCUT2D eigenvalue weighted by Crippen LogP contribution is 2.32. The van der Waals surface area contributed by atoms with Crippen molar-refractivity contribution in [2.24, 2.45) is 0 Å². The zero-order valence-corrected chi connectivity index (χ0v) is 17.2. The Hall–Kier alpha value is -2.62. The monoisotopic (exact) mass is 366 g/mol. The Kier molecular flexibility index (Phi) is 6.42. The lowest BCUT2D eigenvalue weighted by atomic mass is 9.92. The van der Waals surface area contributed by atoms with E-state index in [1.807, 2.05) is 36.6 Å². The minimum Gasteiger partial charge on any atom is -0.344 e. The number of aromatic nitrogens is 1. The maximum atomic E-state index is 13.1. The summed E-state index contributed by atoms with van der Waals surface area (Å²) in [6.45, 7) is 16.4.